The molecule has 0 saturated heterocycles. The Balaban J connectivity index is 1.75. The Labute approximate surface area is 145 Å². The van der Waals surface area contributed by atoms with Gasteiger partial charge in [-0.15, -0.1) is 0 Å². The van der Waals surface area contributed by atoms with E-state index >= 15 is 0 Å². The quantitative estimate of drug-likeness (QED) is 0.759. The van der Waals surface area contributed by atoms with E-state index in [2.05, 4.69) is 20.3 Å². The average Bonchev–Trinajstić information content (AvgIpc) is 2.94. The monoisotopic (exact) mass is 339 g/mol. The van der Waals surface area contributed by atoms with E-state index < -0.39 is 5.69 Å². The highest BCUT2D eigenvalue weighted by molar-refractivity contribution is 5.77. The van der Waals surface area contributed by atoms with Gasteiger partial charge in [0.25, 0.3) is 0 Å². The number of hydrogen-bond acceptors (Lipinski definition) is 4. The Morgan fingerprint density at radius 1 is 1.24 bits per heavy atom. The van der Waals surface area contributed by atoms with Crippen molar-refractivity contribution in [1.29, 1.82) is 0 Å². The molecule has 130 valence electrons. The topological polar surface area (TPSA) is 92.7 Å². The summed E-state index contributed by atoms with van der Waals surface area (Å²) in [5.74, 6) is 0.417. The second kappa shape index (κ2) is 6.51. The van der Waals surface area contributed by atoms with Crippen LogP contribution < -0.4 is 11.0 Å². The number of H-pyrrole nitrogens is 1. The van der Waals surface area contributed by atoms with Crippen molar-refractivity contribution >= 4 is 16.9 Å². The van der Waals surface area contributed by atoms with Crippen LogP contribution in [-0.2, 0) is 11.3 Å². The van der Waals surface area contributed by atoms with Gasteiger partial charge in [-0.3, -0.25) is 9.36 Å². The number of imidazole rings is 1. The maximum atomic E-state index is 12.3. The first-order chi connectivity index (χ1) is 11.8. The fraction of sp³-hybridized carbons (Fsp3) is 0.333. The van der Waals surface area contributed by atoms with Crippen LogP contribution in [0.1, 0.15) is 35.7 Å². The lowest BCUT2D eigenvalue weighted by molar-refractivity contribution is -0.122. The SMILES string of the molecule is Cc1ccc2nc(C(C)NC(=O)Cn3c(C)cc(C)nc3=O)[nH]c2c1. The van der Waals surface area contributed by atoms with Gasteiger partial charge in [0.2, 0.25) is 5.91 Å². The van der Waals surface area contributed by atoms with E-state index in [1.54, 1.807) is 19.9 Å². The molecule has 1 aromatic carbocycles. The number of nitrogens with zero attached hydrogens (tertiary/aromatic N) is 3. The highest BCUT2D eigenvalue weighted by atomic mass is 16.2. The zero-order chi connectivity index (χ0) is 18.1. The summed E-state index contributed by atoms with van der Waals surface area (Å²) < 4.78 is 1.36. The maximum Gasteiger partial charge on any atom is 0.348 e. The number of nitrogens with one attached hydrogen (secondary N) is 2. The van der Waals surface area contributed by atoms with Crippen LogP contribution in [0, 0.1) is 20.8 Å². The summed E-state index contributed by atoms with van der Waals surface area (Å²) in [6.07, 6.45) is 0. The van der Waals surface area contributed by atoms with Crippen molar-refractivity contribution in [1.82, 2.24) is 24.8 Å². The molecule has 7 nitrogen and oxygen atoms in total. The largest absolute Gasteiger partial charge is 0.348 e. The van der Waals surface area contributed by atoms with Crippen LogP contribution in [0.3, 0.4) is 0 Å². The summed E-state index contributed by atoms with van der Waals surface area (Å²) in [5.41, 5.74) is 3.87. The third-order valence-electron chi connectivity index (χ3n) is 4.09. The highest BCUT2D eigenvalue weighted by Gasteiger charge is 2.15. The average molecular weight is 339 g/mol. The van der Waals surface area contributed by atoms with Crippen LogP contribution in [0.5, 0.6) is 0 Å². The molecule has 0 aliphatic carbocycles. The number of hydrogen-bond donors (Lipinski definition) is 2. The van der Waals surface area contributed by atoms with Crippen molar-refractivity contribution < 1.29 is 4.79 Å². The predicted molar refractivity (Wildman–Crippen MR) is 95.4 cm³/mol. The summed E-state index contributed by atoms with van der Waals surface area (Å²) in [7, 11) is 0. The molecule has 25 heavy (non-hydrogen) atoms. The number of carbonyl (C=O) groups is 1. The van der Waals surface area contributed by atoms with Gasteiger partial charge in [0.1, 0.15) is 12.4 Å². The van der Waals surface area contributed by atoms with Crippen LogP contribution in [-0.4, -0.2) is 25.4 Å². The van der Waals surface area contributed by atoms with Crippen molar-refractivity contribution in [3.63, 3.8) is 0 Å². The lowest BCUT2D eigenvalue weighted by Crippen LogP contribution is -2.36. The van der Waals surface area contributed by atoms with Gasteiger partial charge in [0.15, 0.2) is 0 Å². The molecular formula is C18H21N5O2. The molecule has 0 saturated carbocycles. The first kappa shape index (κ1) is 16.9. The van der Waals surface area contributed by atoms with Gasteiger partial charge < -0.3 is 10.3 Å². The first-order valence-electron chi connectivity index (χ1n) is 8.14. The summed E-state index contributed by atoms with van der Waals surface area (Å²) >= 11 is 0. The summed E-state index contributed by atoms with van der Waals surface area (Å²) in [5, 5.41) is 2.87. The molecule has 7 heteroatoms. The highest BCUT2D eigenvalue weighted by Crippen LogP contribution is 2.17. The van der Waals surface area contributed by atoms with Crippen molar-refractivity contribution in [2.75, 3.05) is 0 Å². The molecule has 1 amide bonds. The van der Waals surface area contributed by atoms with Gasteiger partial charge in [-0.05, 0) is 51.5 Å². The number of aryl methyl sites for hydroxylation is 3. The maximum absolute atomic E-state index is 12.3. The lowest BCUT2D eigenvalue weighted by Gasteiger charge is -2.13. The molecule has 2 N–H and O–H groups in total. The standard InChI is InChI=1S/C18H21N5O2/c1-10-5-6-14-15(7-10)22-17(21-14)13(4)20-16(24)9-23-12(3)8-11(2)19-18(23)25/h5-8,13H,9H2,1-4H3,(H,20,24)(H,21,22). The zero-order valence-electron chi connectivity index (χ0n) is 14.8. The Kier molecular flexibility index (Phi) is 4.39. The smallest absolute Gasteiger partial charge is 0.345 e. The van der Waals surface area contributed by atoms with Gasteiger partial charge in [0, 0.05) is 11.4 Å². The number of fused-ring (bicyclic) bond motifs is 1. The van der Waals surface area contributed by atoms with Crippen molar-refractivity contribution in [3.8, 4) is 0 Å². The molecular weight excluding hydrogens is 318 g/mol. The number of benzene rings is 1. The fourth-order valence-corrected chi connectivity index (χ4v) is 2.81. The summed E-state index contributed by atoms with van der Waals surface area (Å²) in [4.78, 5) is 35.9. The summed E-state index contributed by atoms with van der Waals surface area (Å²) in [6.45, 7) is 7.34. The Bertz CT molecular complexity index is 1000. The number of aromatic amines is 1. The normalized spacial score (nSPS) is 12.3. The van der Waals surface area contributed by atoms with E-state index in [0.717, 1.165) is 16.6 Å². The Hall–Kier alpha value is -2.96. The van der Waals surface area contributed by atoms with Crippen LogP contribution in [0.4, 0.5) is 0 Å². The van der Waals surface area contributed by atoms with Crippen LogP contribution in [0.2, 0.25) is 0 Å². The van der Waals surface area contributed by atoms with E-state index in [-0.39, 0.29) is 18.5 Å². The van der Waals surface area contributed by atoms with E-state index in [9.17, 15) is 9.59 Å². The number of rotatable bonds is 4. The van der Waals surface area contributed by atoms with Crippen LogP contribution >= 0.6 is 0 Å². The van der Waals surface area contributed by atoms with Gasteiger partial charge in [-0.2, -0.15) is 4.98 Å². The molecule has 1 unspecified atom stereocenters. The minimum absolute atomic E-state index is 0.0678. The third-order valence-corrected chi connectivity index (χ3v) is 4.09. The molecule has 2 heterocycles. The van der Waals surface area contributed by atoms with E-state index in [0.29, 0.717) is 17.2 Å². The number of aromatic nitrogens is 4. The molecule has 0 spiro atoms. The molecule has 3 aromatic rings. The zero-order valence-corrected chi connectivity index (χ0v) is 14.8. The first-order valence-corrected chi connectivity index (χ1v) is 8.14. The molecule has 2 aromatic heterocycles. The van der Waals surface area contributed by atoms with E-state index in [1.807, 2.05) is 32.0 Å². The Morgan fingerprint density at radius 2 is 2.00 bits per heavy atom. The Morgan fingerprint density at radius 3 is 2.72 bits per heavy atom. The van der Waals surface area contributed by atoms with Gasteiger partial charge in [-0.1, -0.05) is 6.07 Å². The third kappa shape index (κ3) is 3.60. The summed E-state index contributed by atoms with van der Waals surface area (Å²) in [6, 6.07) is 7.44. The van der Waals surface area contributed by atoms with Crippen LogP contribution in [0.15, 0.2) is 29.1 Å². The minimum atomic E-state index is -0.417. The van der Waals surface area contributed by atoms with Gasteiger partial charge >= 0.3 is 5.69 Å². The molecule has 0 fully saturated rings. The minimum Gasteiger partial charge on any atom is -0.345 e. The second-order valence-corrected chi connectivity index (χ2v) is 6.34. The number of carbonyl (C=O) groups excluding carboxylic acids is 1. The lowest BCUT2D eigenvalue weighted by atomic mass is 10.2. The van der Waals surface area contributed by atoms with Gasteiger partial charge in [-0.25, -0.2) is 9.78 Å². The molecule has 1 atom stereocenters. The van der Waals surface area contributed by atoms with Crippen molar-refractivity contribution in [2.45, 2.75) is 40.3 Å². The van der Waals surface area contributed by atoms with Crippen molar-refractivity contribution in [2.24, 2.45) is 0 Å². The molecule has 0 aliphatic rings. The van der Waals surface area contributed by atoms with E-state index in [4.69, 9.17) is 0 Å². The van der Waals surface area contributed by atoms with Gasteiger partial charge in [0.05, 0.1) is 17.1 Å². The molecule has 3 rings (SSSR count). The van der Waals surface area contributed by atoms with Crippen LogP contribution in [0.25, 0.3) is 11.0 Å². The molecule has 0 aliphatic heterocycles. The molecule has 0 bridgehead atoms. The molecule has 0 radical (unpaired) electrons. The van der Waals surface area contributed by atoms with E-state index in [1.165, 1.54) is 4.57 Å². The number of amides is 1. The predicted octanol–water partition coefficient (Wildman–Crippen LogP) is 1.92. The second-order valence-electron chi connectivity index (χ2n) is 6.34. The fourth-order valence-electron chi connectivity index (χ4n) is 2.81. The van der Waals surface area contributed by atoms with Crippen molar-refractivity contribution in [3.05, 3.63) is 57.5 Å².